The molecule has 0 aromatic heterocycles. The fourth-order valence-electron chi connectivity index (χ4n) is 3.47. The molecule has 1 aliphatic rings. The van der Waals surface area contributed by atoms with Crippen LogP contribution in [0.4, 0.5) is 5.69 Å². The van der Waals surface area contributed by atoms with Gasteiger partial charge in [0, 0.05) is 23.2 Å². The lowest BCUT2D eigenvalue weighted by atomic mass is 9.99. The molecule has 0 bridgehead atoms. The Morgan fingerprint density at radius 1 is 1.21 bits per heavy atom. The summed E-state index contributed by atoms with van der Waals surface area (Å²) in [5.41, 5.74) is 4.00. The number of nitrogens with one attached hydrogen (secondary N) is 2. The molecule has 29 heavy (non-hydrogen) atoms. The number of hydrogen-bond donors (Lipinski definition) is 2. The van der Waals surface area contributed by atoms with Crippen LogP contribution in [0.5, 0.6) is 0 Å². The minimum Gasteiger partial charge on any atom is -0.376 e. The second kappa shape index (κ2) is 9.28. The van der Waals surface area contributed by atoms with Gasteiger partial charge in [0.15, 0.2) is 0 Å². The molecule has 2 aromatic rings. The maximum atomic E-state index is 12.4. The highest BCUT2D eigenvalue weighted by atomic mass is 79.9. The van der Waals surface area contributed by atoms with Crippen LogP contribution in [0.3, 0.4) is 0 Å². The van der Waals surface area contributed by atoms with E-state index in [1.807, 2.05) is 49.4 Å². The average Bonchev–Trinajstić information content (AvgIpc) is 2.72. The van der Waals surface area contributed by atoms with Crippen LogP contribution in [0.25, 0.3) is 0 Å². The van der Waals surface area contributed by atoms with E-state index in [0.717, 1.165) is 26.9 Å². The molecule has 1 aliphatic heterocycles. The molecule has 0 saturated carbocycles. The molecule has 6 nitrogen and oxygen atoms in total. The van der Waals surface area contributed by atoms with Gasteiger partial charge in [-0.1, -0.05) is 40.2 Å². The Morgan fingerprint density at radius 3 is 2.62 bits per heavy atom. The molecule has 0 saturated heterocycles. The summed E-state index contributed by atoms with van der Waals surface area (Å²) in [5, 5.41) is 6.21. The Hall–Kier alpha value is -1.90. The van der Waals surface area contributed by atoms with Crippen LogP contribution in [0.1, 0.15) is 36.6 Å². The van der Waals surface area contributed by atoms with E-state index in [1.165, 1.54) is 4.31 Å². The third-order valence-electron chi connectivity index (χ3n) is 5.18. The standard InChI is InChI=1S/C21H26BrN3O3S/c1-3-29(27,28)25-12-11-19-17(14-25)5-4-6-20(19)23-13-21(26)24-15(2)16-7-9-18(22)10-8-16/h4-10,15,23H,3,11-14H2,1-2H3,(H,24,26). The van der Waals surface area contributed by atoms with Gasteiger partial charge in [0.1, 0.15) is 0 Å². The number of nitrogens with zero attached hydrogens (tertiary/aromatic N) is 1. The number of sulfonamides is 1. The lowest BCUT2D eigenvalue weighted by Gasteiger charge is -2.29. The Morgan fingerprint density at radius 2 is 1.93 bits per heavy atom. The van der Waals surface area contributed by atoms with Crippen LogP contribution in [0.2, 0.25) is 0 Å². The molecule has 2 aromatic carbocycles. The summed E-state index contributed by atoms with van der Waals surface area (Å²) < 4.78 is 26.8. The first kappa shape index (κ1) is 21.8. The van der Waals surface area contributed by atoms with E-state index in [9.17, 15) is 13.2 Å². The summed E-state index contributed by atoms with van der Waals surface area (Å²) in [5.74, 6) is 0.0146. The van der Waals surface area contributed by atoms with Crippen molar-refractivity contribution in [3.05, 3.63) is 63.6 Å². The van der Waals surface area contributed by atoms with Crippen molar-refractivity contribution in [2.45, 2.75) is 32.9 Å². The molecule has 2 N–H and O–H groups in total. The van der Waals surface area contributed by atoms with Crippen molar-refractivity contribution in [3.63, 3.8) is 0 Å². The van der Waals surface area contributed by atoms with Crippen LogP contribution >= 0.6 is 15.9 Å². The second-order valence-electron chi connectivity index (χ2n) is 7.12. The fraction of sp³-hybridized carbons (Fsp3) is 0.381. The van der Waals surface area contributed by atoms with E-state index in [2.05, 4.69) is 26.6 Å². The number of rotatable bonds is 7. The second-order valence-corrected chi connectivity index (χ2v) is 10.3. The molecule has 1 amide bonds. The Balaban J connectivity index is 1.61. The van der Waals surface area contributed by atoms with Crippen molar-refractivity contribution in [1.29, 1.82) is 0 Å². The van der Waals surface area contributed by atoms with E-state index in [0.29, 0.717) is 19.5 Å². The SMILES string of the molecule is CCS(=O)(=O)N1CCc2c(cccc2NCC(=O)NC(C)c2ccc(Br)cc2)C1. The number of carbonyl (C=O) groups excluding carboxylic acids is 1. The maximum absolute atomic E-state index is 12.4. The number of fused-ring (bicyclic) bond motifs is 1. The molecule has 0 aliphatic carbocycles. The van der Waals surface area contributed by atoms with Gasteiger partial charge < -0.3 is 10.6 Å². The number of anilines is 1. The zero-order valence-corrected chi connectivity index (χ0v) is 19.0. The van der Waals surface area contributed by atoms with Crippen LogP contribution in [-0.4, -0.2) is 37.5 Å². The van der Waals surface area contributed by atoms with Gasteiger partial charge in [-0.25, -0.2) is 8.42 Å². The zero-order chi connectivity index (χ0) is 21.0. The summed E-state index contributed by atoms with van der Waals surface area (Å²) in [6, 6.07) is 13.6. The van der Waals surface area contributed by atoms with E-state index in [4.69, 9.17) is 0 Å². The van der Waals surface area contributed by atoms with E-state index >= 15 is 0 Å². The molecule has 0 radical (unpaired) electrons. The molecule has 8 heteroatoms. The third-order valence-corrected chi connectivity index (χ3v) is 7.53. The highest BCUT2D eigenvalue weighted by Crippen LogP contribution is 2.27. The molecule has 1 heterocycles. The van der Waals surface area contributed by atoms with Crippen molar-refractivity contribution in [2.24, 2.45) is 0 Å². The summed E-state index contributed by atoms with van der Waals surface area (Å²) >= 11 is 3.41. The molecule has 0 fully saturated rings. The van der Waals surface area contributed by atoms with Crippen LogP contribution < -0.4 is 10.6 Å². The largest absolute Gasteiger partial charge is 0.376 e. The van der Waals surface area contributed by atoms with E-state index < -0.39 is 10.0 Å². The van der Waals surface area contributed by atoms with Crippen molar-refractivity contribution in [3.8, 4) is 0 Å². The maximum Gasteiger partial charge on any atom is 0.239 e. The number of hydrogen-bond acceptors (Lipinski definition) is 4. The van der Waals surface area contributed by atoms with Crippen LogP contribution in [0, 0.1) is 0 Å². The first-order valence-electron chi connectivity index (χ1n) is 9.67. The summed E-state index contributed by atoms with van der Waals surface area (Å²) in [6.45, 7) is 4.63. The minimum absolute atomic E-state index is 0.0881. The molecule has 1 atom stereocenters. The normalized spacial score (nSPS) is 15.4. The first-order valence-corrected chi connectivity index (χ1v) is 12.1. The van der Waals surface area contributed by atoms with Gasteiger partial charge in [0.25, 0.3) is 0 Å². The highest BCUT2D eigenvalue weighted by Gasteiger charge is 2.26. The average molecular weight is 480 g/mol. The lowest BCUT2D eigenvalue weighted by molar-refractivity contribution is -0.120. The van der Waals surface area contributed by atoms with Crippen molar-refractivity contribution < 1.29 is 13.2 Å². The Labute approximate surface area is 180 Å². The highest BCUT2D eigenvalue weighted by molar-refractivity contribution is 9.10. The molecule has 1 unspecified atom stereocenters. The van der Waals surface area contributed by atoms with Crippen molar-refractivity contribution in [2.75, 3.05) is 24.2 Å². The monoisotopic (exact) mass is 479 g/mol. The van der Waals surface area contributed by atoms with Gasteiger partial charge in [-0.05, 0) is 55.2 Å². The smallest absolute Gasteiger partial charge is 0.239 e. The topological polar surface area (TPSA) is 78.5 Å². The molecular weight excluding hydrogens is 454 g/mol. The van der Waals surface area contributed by atoms with Gasteiger partial charge in [-0.2, -0.15) is 4.31 Å². The van der Waals surface area contributed by atoms with Gasteiger partial charge in [-0.3, -0.25) is 4.79 Å². The van der Waals surface area contributed by atoms with Crippen molar-refractivity contribution >= 4 is 37.5 Å². The van der Waals surface area contributed by atoms with Gasteiger partial charge in [0.05, 0.1) is 18.3 Å². The van der Waals surface area contributed by atoms with E-state index in [-0.39, 0.29) is 24.2 Å². The van der Waals surface area contributed by atoms with Crippen LogP contribution in [0.15, 0.2) is 46.9 Å². The predicted octanol–water partition coefficient (Wildman–Crippen LogP) is 3.45. The minimum atomic E-state index is -3.20. The van der Waals surface area contributed by atoms with Gasteiger partial charge in [0.2, 0.25) is 15.9 Å². The van der Waals surface area contributed by atoms with Crippen molar-refractivity contribution in [1.82, 2.24) is 9.62 Å². The molecule has 3 rings (SSSR count). The van der Waals surface area contributed by atoms with Gasteiger partial charge >= 0.3 is 0 Å². The number of halogens is 1. The molecular formula is C21H26BrN3O3S. The number of amides is 1. The number of benzene rings is 2. The fourth-order valence-corrected chi connectivity index (χ4v) is 4.81. The third kappa shape index (κ3) is 5.38. The summed E-state index contributed by atoms with van der Waals surface area (Å²) in [7, 11) is -3.20. The van der Waals surface area contributed by atoms with Gasteiger partial charge in [-0.15, -0.1) is 0 Å². The van der Waals surface area contributed by atoms with Crippen LogP contribution in [-0.2, 0) is 27.8 Å². The zero-order valence-electron chi connectivity index (χ0n) is 16.6. The Bertz CT molecular complexity index is 977. The summed E-state index contributed by atoms with van der Waals surface area (Å²) in [6.07, 6.45) is 0.634. The Kier molecular flexibility index (Phi) is 6.97. The summed E-state index contributed by atoms with van der Waals surface area (Å²) in [4.78, 5) is 12.4. The number of carbonyl (C=O) groups is 1. The molecule has 0 spiro atoms. The molecule has 156 valence electrons. The quantitative estimate of drug-likeness (QED) is 0.637. The lowest BCUT2D eigenvalue weighted by Crippen LogP contribution is -2.37. The van der Waals surface area contributed by atoms with E-state index in [1.54, 1.807) is 6.92 Å². The predicted molar refractivity (Wildman–Crippen MR) is 119 cm³/mol. The first-order chi connectivity index (χ1) is 13.8.